The van der Waals surface area contributed by atoms with Gasteiger partial charge in [-0.1, -0.05) is 0 Å². The molecule has 0 aliphatic carbocycles. The summed E-state index contributed by atoms with van der Waals surface area (Å²) in [5.41, 5.74) is 1.21. The average molecular weight is 161 g/mol. The summed E-state index contributed by atoms with van der Waals surface area (Å²) in [4.78, 5) is 20.5. The quantitative estimate of drug-likeness (QED) is 0.648. The minimum absolute atomic E-state index is 0.132. The third-order valence-corrected chi connectivity index (χ3v) is 1.61. The maximum atomic E-state index is 11.2. The first-order valence-electron chi connectivity index (χ1n) is 3.54. The number of aromatic amines is 2. The fourth-order valence-corrected chi connectivity index (χ4v) is 1.03. The normalized spacial score (nSPS) is 10.0. The van der Waals surface area contributed by atoms with E-state index in [9.17, 15) is 4.79 Å². The number of hydrogen-bond acceptors (Lipinski definition) is 2. The predicted octanol–water partition coefficient (Wildman–Crippen LogP) is 0.765. The molecule has 60 valence electrons. The zero-order valence-corrected chi connectivity index (χ0v) is 6.24. The lowest BCUT2D eigenvalue weighted by Gasteiger charge is -1.92. The van der Waals surface area contributed by atoms with Crippen LogP contribution in [0, 0.1) is 0 Å². The lowest BCUT2D eigenvalue weighted by molar-refractivity contribution is 1.12. The van der Waals surface area contributed by atoms with Gasteiger partial charge in [0.05, 0.1) is 17.6 Å². The van der Waals surface area contributed by atoms with E-state index in [-0.39, 0.29) is 5.56 Å². The van der Waals surface area contributed by atoms with Gasteiger partial charge in [-0.05, 0) is 12.1 Å². The minimum atomic E-state index is -0.132. The molecule has 0 radical (unpaired) electrons. The van der Waals surface area contributed by atoms with Crippen molar-refractivity contribution in [2.75, 3.05) is 0 Å². The van der Waals surface area contributed by atoms with Crippen LogP contribution in [0.25, 0.3) is 11.3 Å². The van der Waals surface area contributed by atoms with Crippen molar-refractivity contribution in [2.45, 2.75) is 0 Å². The Bertz CT molecular complexity index is 416. The minimum Gasteiger partial charge on any atom is -0.361 e. The second kappa shape index (κ2) is 2.65. The molecule has 4 nitrogen and oxygen atoms in total. The molecular formula is C8H7N3O. The lowest BCUT2D eigenvalue weighted by Crippen LogP contribution is -2.08. The van der Waals surface area contributed by atoms with Crippen molar-refractivity contribution in [1.29, 1.82) is 0 Å². The van der Waals surface area contributed by atoms with Crippen molar-refractivity contribution in [3.05, 3.63) is 41.2 Å². The van der Waals surface area contributed by atoms with Crippen LogP contribution < -0.4 is 5.56 Å². The molecule has 0 fully saturated rings. The molecule has 0 spiro atoms. The van der Waals surface area contributed by atoms with Gasteiger partial charge in [-0.2, -0.15) is 0 Å². The van der Waals surface area contributed by atoms with Crippen molar-refractivity contribution < 1.29 is 0 Å². The Morgan fingerprint density at radius 1 is 1.33 bits per heavy atom. The van der Waals surface area contributed by atoms with E-state index in [4.69, 9.17) is 0 Å². The SMILES string of the molecule is O=c1[nH]cncc1-c1ccc[nH]1. The van der Waals surface area contributed by atoms with Crippen LogP contribution in [0.5, 0.6) is 0 Å². The predicted molar refractivity (Wildman–Crippen MR) is 44.6 cm³/mol. The maximum Gasteiger partial charge on any atom is 0.260 e. The summed E-state index contributed by atoms with van der Waals surface area (Å²) in [5, 5.41) is 0. The Balaban J connectivity index is 2.63. The van der Waals surface area contributed by atoms with Gasteiger partial charge in [0.15, 0.2) is 0 Å². The number of hydrogen-bond donors (Lipinski definition) is 2. The highest BCUT2D eigenvalue weighted by molar-refractivity contribution is 5.56. The van der Waals surface area contributed by atoms with Crippen LogP contribution in [-0.4, -0.2) is 15.0 Å². The molecule has 2 N–H and O–H groups in total. The van der Waals surface area contributed by atoms with Crippen molar-refractivity contribution in [3.63, 3.8) is 0 Å². The molecule has 2 aromatic rings. The lowest BCUT2D eigenvalue weighted by atomic mass is 10.2. The van der Waals surface area contributed by atoms with E-state index in [1.54, 1.807) is 6.20 Å². The highest BCUT2D eigenvalue weighted by Gasteiger charge is 2.01. The molecule has 2 aromatic heterocycles. The van der Waals surface area contributed by atoms with E-state index in [1.165, 1.54) is 12.5 Å². The van der Waals surface area contributed by atoms with Crippen LogP contribution in [-0.2, 0) is 0 Å². The topological polar surface area (TPSA) is 61.5 Å². The number of nitrogens with zero attached hydrogens (tertiary/aromatic N) is 1. The van der Waals surface area contributed by atoms with Gasteiger partial charge >= 0.3 is 0 Å². The van der Waals surface area contributed by atoms with Gasteiger partial charge in [0, 0.05) is 12.4 Å². The molecule has 0 unspecified atom stereocenters. The average Bonchev–Trinajstić information content (AvgIpc) is 2.57. The van der Waals surface area contributed by atoms with Crippen molar-refractivity contribution in [3.8, 4) is 11.3 Å². The maximum absolute atomic E-state index is 11.2. The van der Waals surface area contributed by atoms with E-state index < -0.39 is 0 Å². The van der Waals surface area contributed by atoms with Gasteiger partial charge in [-0.3, -0.25) is 4.79 Å². The van der Waals surface area contributed by atoms with E-state index in [2.05, 4.69) is 15.0 Å². The van der Waals surface area contributed by atoms with E-state index in [1.807, 2.05) is 12.1 Å². The summed E-state index contributed by atoms with van der Waals surface area (Å²) >= 11 is 0. The van der Waals surface area contributed by atoms with Gasteiger partial charge < -0.3 is 9.97 Å². The Morgan fingerprint density at radius 2 is 2.25 bits per heavy atom. The van der Waals surface area contributed by atoms with Crippen LogP contribution >= 0.6 is 0 Å². The summed E-state index contributed by atoms with van der Waals surface area (Å²) in [7, 11) is 0. The van der Waals surface area contributed by atoms with E-state index >= 15 is 0 Å². The largest absolute Gasteiger partial charge is 0.361 e. The third kappa shape index (κ3) is 1.03. The molecule has 2 heterocycles. The molecule has 0 atom stereocenters. The first-order chi connectivity index (χ1) is 5.88. The molecule has 12 heavy (non-hydrogen) atoms. The molecular weight excluding hydrogens is 154 g/mol. The Labute approximate surface area is 68.3 Å². The van der Waals surface area contributed by atoms with Crippen molar-refractivity contribution >= 4 is 0 Å². The molecule has 0 aromatic carbocycles. The first-order valence-corrected chi connectivity index (χ1v) is 3.54. The fraction of sp³-hybridized carbons (Fsp3) is 0. The Morgan fingerprint density at radius 3 is 2.92 bits per heavy atom. The van der Waals surface area contributed by atoms with Gasteiger partial charge in [0.1, 0.15) is 0 Å². The van der Waals surface area contributed by atoms with Gasteiger partial charge in [0.25, 0.3) is 5.56 Å². The second-order valence-corrected chi connectivity index (χ2v) is 2.38. The summed E-state index contributed by atoms with van der Waals surface area (Å²) in [6, 6.07) is 3.66. The van der Waals surface area contributed by atoms with Crippen molar-refractivity contribution in [1.82, 2.24) is 15.0 Å². The van der Waals surface area contributed by atoms with Crippen LogP contribution in [0.1, 0.15) is 0 Å². The molecule has 0 saturated carbocycles. The standard InChI is InChI=1S/C8H7N3O/c12-8-6(4-9-5-11-8)7-2-1-3-10-7/h1-5,10H,(H,9,11,12). The summed E-state index contributed by atoms with van der Waals surface area (Å²) < 4.78 is 0. The summed E-state index contributed by atoms with van der Waals surface area (Å²) in [6.07, 6.45) is 4.67. The second-order valence-electron chi connectivity index (χ2n) is 2.38. The molecule has 2 rings (SSSR count). The summed E-state index contributed by atoms with van der Waals surface area (Å²) in [5.74, 6) is 0. The van der Waals surface area contributed by atoms with Crippen LogP contribution in [0.4, 0.5) is 0 Å². The van der Waals surface area contributed by atoms with Crippen LogP contribution in [0.3, 0.4) is 0 Å². The molecule has 0 saturated heterocycles. The monoisotopic (exact) mass is 161 g/mol. The fourth-order valence-electron chi connectivity index (χ4n) is 1.03. The number of rotatable bonds is 1. The van der Waals surface area contributed by atoms with Gasteiger partial charge in [0.2, 0.25) is 0 Å². The molecule has 0 amide bonds. The van der Waals surface area contributed by atoms with Crippen LogP contribution in [0.2, 0.25) is 0 Å². The van der Waals surface area contributed by atoms with Gasteiger partial charge in [-0.25, -0.2) is 4.98 Å². The highest BCUT2D eigenvalue weighted by atomic mass is 16.1. The molecule has 0 aliphatic rings. The number of nitrogens with one attached hydrogen (secondary N) is 2. The van der Waals surface area contributed by atoms with Gasteiger partial charge in [-0.15, -0.1) is 0 Å². The Hall–Kier alpha value is -1.84. The van der Waals surface area contributed by atoms with E-state index in [0.29, 0.717) is 5.56 Å². The summed E-state index contributed by atoms with van der Waals surface area (Å²) in [6.45, 7) is 0. The molecule has 0 bridgehead atoms. The first kappa shape index (κ1) is 6.84. The zero-order valence-electron chi connectivity index (χ0n) is 6.24. The van der Waals surface area contributed by atoms with E-state index in [0.717, 1.165) is 5.69 Å². The smallest absolute Gasteiger partial charge is 0.260 e. The zero-order chi connectivity index (χ0) is 8.39. The molecule has 0 aliphatic heterocycles. The third-order valence-electron chi connectivity index (χ3n) is 1.61. The molecule has 4 heteroatoms. The number of aromatic nitrogens is 3. The van der Waals surface area contributed by atoms with Crippen molar-refractivity contribution in [2.24, 2.45) is 0 Å². The highest BCUT2D eigenvalue weighted by Crippen LogP contribution is 2.08. The number of H-pyrrole nitrogens is 2. The Kier molecular flexibility index (Phi) is 1.51. The van der Waals surface area contributed by atoms with Crippen LogP contribution in [0.15, 0.2) is 35.6 Å².